The van der Waals surface area contributed by atoms with E-state index < -0.39 is 0 Å². The molecule has 1 saturated carbocycles. The van der Waals surface area contributed by atoms with Crippen LogP contribution in [0.2, 0.25) is 0 Å². The first-order valence-corrected chi connectivity index (χ1v) is 6.38. The molecule has 1 heteroatoms. The Hall–Kier alpha value is -0.300. The first-order valence-electron chi connectivity index (χ1n) is 6.38. The van der Waals surface area contributed by atoms with Crippen LogP contribution in [0.5, 0.6) is 0 Å². The van der Waals surface area contributed by atoms with Gasteiger partial charge in [-0.3, -0.25) is 0 Å². The molecule has 2 aliphatic carbocycles. The summed E-state index contributed by atoms with van der Waals surface area (Å²) in [6.45, 7) is 6.94. The van der Waals surface area contributed by atoms with Crippen molar-refractivity contribution >= 4 is 0 Å². The second-order valence-electron chi connectivity index (χ2n) is 6.11. The van der Waals surface area contributed by atoms with E-state index in [1.54, 1.807) is 11.1 Å². The summed E-state index contributed by atoms with van der Waals surface area (Å²) in [6, 6.07) is 0. The van der Waals surface area contributed by atoms with Crippen molar-refractivity contribution in [2.45, 2.75) is 65.4 Å². The van der Waals surface area contributed by atoms with Crippen molar-refractivity contribution in [1.82, 2.24) is 0 Å². The Balaban J connectivity index is 2.09. The maximum absolute atomic E-state index is 10.1. The largest absolute Gasteiger partial charge is 0.393 e. The Morgan fingerprint density at radius 2 is 2.07 bits per heavy atom. The van der Waals surface area contributed by atoms with E-state index in [0.717, 1.165) is 6.42 Å². The second kappa shape index (κ2) is 3.93. The van der Waals surface area contributed by atoms with Crippen molar-refractivity contribution in [1.29, 1.82) is 0 Å². The van der Waals surface area contributed by atoms with E-state index in [1.165, 1.54) is 32.1 Å². The number of rotatable bonds is 3. The van der Waals surface area contributed by atoms with E-state index in [4.69, 9.17) is 0 Å². The van der Waals surface area contributed by atoms with Crippen LogP contribution in [0.15, 0.2) is 11.1 Å². The molecular weight excluding hydrogens is 184 g/mol. The van der Waals surface area contributed by atoms with Crippen LogP contribution in [0.25, 0.3) is 0 Å². The van der Waals surface area contributed by atoms with Gasteiger partial charge in [-0.25, -0.2) is 0 Å². The minimum Gasteiger partial charge on any atom is -0.393 e. The molecule has 0 aromatic rings. The summed E-state index contributed by atoms with van der Waals surface area (Å²) in [7, 11) is 0. The first kappa shape index (κ1) is 11.2. The number of aliphatic hydroxyl groups is 1. The molecule has 0 saturated heterocycles. The quantitative estimate of drug-likeness (QED) is 0.702. The molecule has 15 heavy (non-hydrogen) atoms. The molecule has 0 radical (unpaired) electrons. The molecule has 0 amide bonds. The lowest BCUT2D eigenvalue weighted by molar-refractivity contribution is 0.141. The predicted molar refractivity (Wildman–Crippen MR) is 63.7 cm³/mol. The maximum Gasteiger partial charge on any atom is 0.0605 e. The van der Waals surface area contributed by atoms with Crippen LogP contribution >= 0.6 is 0 Å². The zero-order chi connectivity index (χ0) is 11.1. The third-order valence-electron chi connectivity index (χ3n) is 4.27. The van der Waals surface area contributed by atoms with Crippen molar-refractivity contribution < 1.29 is 5.11 Å². The molecule has 0 spiro atoms. The molecular formula is C14H24O. The van der Waals surface area contributed by atoms with Crippen LogP contribution in [-0.2, 0) is 0 Å². The van der Waals surface area contributed by atoms with Crippen LogP contribution in [-0.4, -0.2) is 11.2 Å². The van der Waals surface area contributed by atoms with Gasteiger partial charge in [-0.1, -0.05) is 25.0 Å². The van der Waals surface area contributed by atoms with Gasteiger partial charge in [0.15, 0.2) is 0 Å². The molecule has 2 aliphatic rings. The highest BCUT2D eigenvalue weighted by Crippen LogP contribution is 2.45. The fraction of sp³-hybridized carbons (Fsp3) is 0.857. The summed E-state index contributed by atoms with van der Waals surface area (Å²) in [5.41, 5.74) is 3.43. The highest BCUT2D eigenvalue weighted by Gasteiger charge is 2.35. The maximum atomic E-state index is 10.1. The first-order chi connectivity index (χ1) is 7.00. The summed E-state index contributed by atoms with van der Waals surface area (Å²) < 4.78 is 0. The van der Waals surface area contributed by atoms with Gasteiger partial charge in [0.1, 0.15) is 0 Å². The average molecular weight is 208 g/mol. The Labute approximate surface area is 93.6 Å². The molecule has 0 aromatic carbocycles. The van der Waals surface area contributed by atoms with Crippen molar-refractivity contribution in [3.8, 4) is 0 Å². The topological polar surface area (TPSA) is 20.2 Å². The minimum atomic E-state index is -0.0627. The van der Waals surface area contributed by atoms with Gasteiger partial charge in [0, 0.05) is 0 Å². The van der Waals surface area contributed by atoms with Crippen LogP contribution in [0.3, 0.4) is 0 Å². The molecule has 1 atom stereocenters. The van der Waals surface area contributed by atoms with Crippen molar-refractivity contribution in [2.24, 2.45) is 11.3 Å². The summed E-state index contributed by atoms with van der Waals surface area (Å²) in [5, 5.41) is 10.1. The molecule has 2 rings (SSSR count). The lowest BCUT2D eigenvalue weighted by atomic mass is 9.71. The van der Waals surface area contributed by atoms with Crippen LogP contribution in [0.4, 0.5) is 0 Å². The second-order valence-corrected chi connectivity index (χ2v) is 6.11. The fourth-order valence-electron chi connectivity index (χ4n) is 2.98. The summed E-state index contributed by atoms with van der Waals surface area (Å²) in [4.78, 5) is 0. The smallest absolute Gasteiger partial charge is 0.0605 e. The van der Waals surface area contributed by atoms with E-state index in [1.807, 2.05) is 0 Å². The van der Waals surface area contributed by atoms with E-state index in [-0.39, 0.29) is 6.10 Å². The molecule has 86 valence electrons. The number of allylic oxidation sites excluding steroid dienone is 1. The zero-order valence-corrected chi connectivity index (χ0v) is 10.3. The summed E-state index contributed by atoms with van der Waals surface area (Å²) >= 11 is 0. The molecule has 1 nitrogen and oxygen atoms in total. The van der Waals surface area contributed by atoms with Gasteiger partial charge < -0.3 is 5.11 Å². The average Bonchev–Trinajstić information content (AvgIpc) is 2.93. The highest BCUT2D eigenvalue weighted by atomic mass is 16.3. The number of hydrogen-bond donors (Lipinski definition) is 1. The third kappa shape index (κ3) is 2.44. The SMILES string of the molecule is CC1=C(CC(O)C2CC2)C(C)(C)CCC1. The van der Waals surface area contributed by atoms with Crippen molar-refractivity contribution in [2.75, 3.05) is 0 Å². The van der Waals surface area contributed by atoms with Gasteiger partial charge in [0.25, 0.3) is 0 Å². The van der Waals surface area contributed by atoms with Gasteiger partial charge in [-0.15, -0.1) is 0 Å². The fourth-order valence-corrected chi connectivity index (χ4v) is 2.98. The standard InChI is InChI=1S/C14H24O/c1-10-5-4-8-14(2,3)12(10)9-13(15)11-6-7-11/h11,13,15H,4-9H2,1-3H3. The van der Waals surface area contributed by atoms with E-state index in [2.05, 4.69) is 20.8 Å². The molecule has 0 bridgehead atoms. The Morgan fingerprint density at radius 1 is 1.40 bits per heavy atom. The number of hydrogen-bond acceptors (Lipinski definition) is 1. The lowest BCUT2D eigenvalue weighted by Crippen LogP contribution is -2.24. The molecule has 1 unspecified atom stereocenters. The monoisotopic (exact) mass is 208 g/mol. The van der Waals surface area contributed by atoms with Gasteiger partial charge in [0.2, 0.25) is 0 Å². The predicted octanol–water partition coefficient (Wildman–Crippen LogP) is 3.67. The van der Waals surface area contributed by atoms with E-state index >= 15 is 0 Å². The molecule has 0 aromatic heterocycles. The van der Waals surface area contributed by atoms with Gasteiger partial charge in [0.05, 0.1) is 6.10 Å². The summed E-state index contributed by atoms with van der Waals surface area (Å²) in [5.74, 6) is 0.614. The molecule has 0 aliphatic heterocycles. The van der Waals surface area contributed by atoms with Crippen molar-refractivity contribution in [3.63, 3.8) is 0 Å². The number of aliphatic hydroxyl groups excluding tert-OH is 1. The normalized spacial score (nSPS) is 28.0. The van der Waals surface area contributed by atoms with Gasteiger partial charge in [-0.05, 0) is 56.8 Å². The van der Waals surface area contributed by atoms with E-state index in [9.17, 15) is 5.11 Å². The highest BCUT2D eigenvalue weighted by molar-refractivity contribution is 5.23. The van der Waals surface area contributed by atoms with Crippen LogP contribution in [0, 0.1) is 11.3 Å². The van der Waals surface area contributed by atoms with Gasteiger partial charge in [-0.2, -0.15) is 0 Å². The minimum absolute atomic E-state index is 0.0627. The third-order valence-corrected chi connectivity index (χ3v) is 4.27. The Bertz CT molecular complexity index is 271. The molecule has 0 heterocycles. The zero-order valence-electron chi connectivity index (χ0n) is 10.3. The van der Waals surface area contributed by atoms with Crippen LogP contribution < -0.4 is 0 Å². The lowest BCUT2D eigenvalue weighted by Gasteiger charge is -2.35. The Kier molecular flexibility index (Phi) is 2.94. The van der Waals surface area contributed by atoms with Gasteiger partial charge >= 0.3 is 0 Å². The van der Waals surface area contributed by atoms with E-state index in [0.29, 0.717) is 11.3 Å². The van der Waals surface area contributed by atoms with Crippen molar-refractivity contribution in [3.05, 3.63) is 11.1 Å². The summed E-state index contributed by atoms with van der Waals surface area (Å²) in [6.07, 6.45) is 7.22. The molecule has 1 N–H and O–H groups in total. The Morgan fingerprint density at radius 3 is 2.60 bits per heavy atom. The van der Waals surface area contributed by atoms with Crippen LogP contribution in [0.1, 0.15) is 59.3 Å². The molecule has 1 fully saturated rings.